The Balaban J connectivity index is 1.52. The van der Waals surface area contributed by atoms with E-state index in [4.69, 9.17) is 4.84 Å². The number of alkyl halides is 3. The summed E-state index contributed by atoms with van der Waals surface area (Å²) in [5.74, 6) is 0.720. The van der Waals surface area contributed by atoms with E-state index < -0.39 is 18.8 Å². The number of hydrogen-bond acceptors (Lipinski definition) is 4. The number of nitrogens with one attached hydrogen (secondary N) is 3. The highest BCUT2D eigenvalue weighted by atomic mass is 19.4. The summed E-state index contributed by atoms with van der Waals surface area (Å²) in [6, 6.07) is 10.0. The Bertz CT molecular complexity index is 1090. The number of aromatic nitrogens is 2. The zero-order valence-corrected chi connectivity index (χ0v) is 17.4. The van der Waals surface area contributed by atoms with Crippen molar-refractivity contribution in [2.75, 3.05) is 19.0 Å². The molecule has 2 aromatic heterocycles. The van der Waals surface area contributed by atoms with Crippen LogP contribution in [0.2, 0.25) is 0 Å². The molecule has 4 rings (SSSR count). The number of carbonyl (C=O) groups is 1. The van der Waals surface area contributed by atoms with Crippen molar-refractivity contribution in [1.82, 2.24) is 20.2 Å². The second kappa shape index (κ2) is 9.17. The van der Waals surface area contributed by atoms with Crippen molar-refractivity contribution in [2.24, 2.45) is 5.92 Å². The highest BCUT2D eigenvalue weighted by molar-refractivity contribution is 5.90. The Labute approximate surface area is 182 Å². The first kappa shape index (κ1) is 22.1. The fourth-order valence-corrected chi connectivity index (χ4v) is 3.62. The van der Waals surface area contributed by atoms with E-state index in [9.17, 15) is 18.0 Å². The van der Waals surface area contributed by atoms with Crippen LogP contribution in [0.3, 0.4) is 0 Å². The quantitative estimate of drug-likeness (QED) is 0.438. The van der Waals surface area contributed by atoms with E-state index in [0.717, 1.165) is 34.8 Å². The molecule has 0 radical (unpaired) electrons. The lowest BCUT2D eigenvalue weighted by molar-refractivity contribution is -0.122. The molecule has 0 aliphatic heterocycles. The van der Waals surface area contributed by atoms with Crippen molar-refractivity contribution in [1.29, 1.82) is 0 Å². The summed E-state index contributed by atoms with van der Waals surface area (Å²) in [7, 11) is 1.61. The van der Waals surface area contributed by atoms with Gasteiger partial charge >= 0.3 is 12.2 Å². The molecule has 32 heavy (non-hydrogen) atoms. The molecule has 1 fully saturated rings. The smallest absolute Gasteiger partial charge is 0.329 e. The minimum absolute atomic E-state index is 0.0837. The number of urea groups is 1. The van der Waals surface area contributed by atoms with E-state index in [1.165, 1.54) is 12.8 Å². The molecule has 2 amide bonds. The van der Waals surface area contributed by atoms with Gasteiger partial charge in [-0.1, -0.05) is 25.0 Å². The number of anilines is 1. The topological polar surface area (TPSA) is 79.7 Å². The lowest BCUT2D eigenvalue weighted by atomic mass is 10.0. The Kier molecular flexibility index (Phi) is 6.33. The van der Waals surface area contributed by atoms with Gasteiger partial charge in [0.2, 0.25) is 0 Å². The van der Waals surface area contributed by atoms with Crippen LogP contribution in [0, 0.1) is 5.92 Å². The zero-order chi connectivity index (χ0) is 22.7. The first-order valence-electron chi connectivity index (χ1n) is 10.3. The summed E-state index contributed by atoms with van der Waals surface area (Å²) >= 11 is 0. The number of pyridine rings is 1. The number of hydrogen-bond donors (Lipinski definition) is 3. The van der Waals surface area contributed by atoms with E-state index in [-0.39, 0.29) is 6.04 Å². The van der Waals surface area contributed by atoms with Crippen LogP contribution in [0.1, 0.15) is 30.9 Å². The average Bonchev–Trinajstić information content (AvgIpc) is 3.47. The zero-order valence-electron chi connectivity index (χ0n) is 17.4. The normalized spacial score (nSPS) is 15.0. The molecule has 0 saturated heterocycles. The molecule has 3 aromatic rings. The number of hydroxylamine groups is 1. The number of nitrogens with zero attached hydrogens (tertiary/aromatic N) is 2. The summed E-state index contributed by atoms with van der Waals surface area (Å²) in [6.07, 6.45) is 2.68. The first-order chi connectivity index (χ1) is 15.3. The largest absolute Gasteiger partial charge is 0.405 e. The van der Waals surface area contributed by atoms with E-state index in [0.29, 0.717) is 5.69 Å². The van der Waals surface area contributed by atoms with Gasteiger partial charge in [-0.15, -0.1) is 0 Å². The van der Waals surface area contributed by atoms with Crippen molar-refractivity contribution in [3.05, 3.63) is 54.4 Å². The van der Waals surface area contributed by atoms with Crippen LogP contribution in [0.25, 0.3) is 16.9 Å². The molecule has 7 nitrogen and oxygen atoms in total. The molecular formula is C22H24F3N5O2. The number of carbonyl (C=O) groups excluding carboxylic acids is 1. The summed E-state index contributed by atoms with van der Waals surface area (Å²) in [6.45, 7) is -1.40. The molecule has 1 saturated carbocycles. The number of imidazole rings is 1. The molecular weight excluding hydrogens is 423 g/mol. The summed E-state index contributed by atoms with van der Waals surface area (Å²) in [5.41, 5.74) is 6.85. The van der Waals surface area contributed by atoms with Gasteiger partial charge in [0, 0.05) is 17.4 Å². The van der Waals surface area contributed by atoms with Crippen molar-refractivity contribution < 1.29 is 22.8 Å². The van der Waals surface area contributed by atoms with Gasteiger partial charge in [0.25, 0.3) is 0 Å². The third-order valence-electron chi connectivity index (χ3n) is 5.33. The molecule has 2 heterocycles. The second-order valence-corrected chi connectivity index (χ2v) is 7.89. The van der Waals surface area contributed by atoms with Gasteiger partial charge in [-0.05, 0) is 42.2 Å². The molecule has 1 atom stereocenters. The molecule has 1 unspecified atom stereocenters. The van der Waals surface area contributed by atoms with E-state index in [1.807, 2.05) is 28.8 Å². The maximum atomic E-state index is 12.3. The predicted octanol–water partition coefficient (Wildman–Crippen LogP) is 4.68. The number of fused-ring (bicyclic) bond motifs is 1. The molecule has 170 valence electrons. The maximum absolute atomic E-state index is 12.3. The van der Waals surface area contributed by atoms with Gasteiger partial charge in [0.15, 0.2) is 0 Å². The van der Waals surface area contributed by atoms with E-state index in [1.54, 1.807) is 36.8 Å². The SMILES string of the molecule is CONC(CC1CC1)c1ccn2c(-c3cccc(NC(=O)NCC(F)(F)F)c3)cnc2c1. The molecule has 10 heteroatoms. The monoisotopic (exact) mass is 447 g/mol. The average molecular weight is 447 g/mol. The van der Waals surface area contributed by atoms with Crippen LogP contribution in [0.15, 0.2) is 48.8 Å². The van der Waals surface area contributed by atoms with Gasteiger partial charge in [-0.3, -0.25) is 4.40 Å². The van der Waals surface area contributed by atoms with Gasteiger partial charge in [-0.25, -0.2) is 9.78 Å². The molecule has 1 aromatic carbocycles. The van der Waals surface area contributed by atoms with E-state index >= 15 is 0 Å². The van der Waals surface area contributed by atoms with Crippen LogP contribution in [-0.2, 0) is 4.84 Å². The number of halogens is 3. The van der Waals surface area contributed by atoms with Crippen molar-refractivity contribution >= 4 is 17.4 Å². The van der Waals surface area contributed by atoms with Crippen molar-refractivity contribution in [3.8, 4) is 11.3 Å². The third-order valence-corrected chi connectivity index (χ3v) is 5.33. The molecule has 0 bridgehead atoms. The highest BCUT2D eigenvalue weighted by Crippen LogP contribution is 2.38. The van der Waals surface area contributed by atoms with Gasteiger partial charge in [0.1, 0.15) is 12.2 Å². The standard InChI is InChI=1S/C22H24F3N5O2/c1-32-29-18(9-14-5-6-14)15-7-8-30-19(12-26-20(30)11-15)16-3-2-4-17(10-16)28-21(31)27-13-22(23,24)25/h2-4,7-8,10-12,14,18,29H,5-6,9,13H2,1H3,(H2,27,28,31). The summed E-state index contributed by atoms with van der Waals surface area (Å²) in [5, 5.41) is 4.22. The Morgan fingerprint density at radius 2 is 2.09 bits per heavy atom. The lowest BCUT2D eigenvalue weighted by Crippen LogP contribution is -2.36. The Hall–Kier alpha value is -3.11. The van der Waals surface area contributed by atoms with Gasteiger partial charge in [0.05, 0.1) is 25.0 Å². The Morgan fingerprint density at radius 3 is 2.81 bits per heavy atom. The molecule has 1 aliphatic carbocycles. The predicted molar refractivity (Wildman–Crippen MR) is 114 cm³/mol. The second-order valence-electron chi connectivity index (χ2n) is 7.89. The third kappa shape index (κ3) is 5.57. The number of rotatable bonds is 8. The first-order valence-corrected chi connectivity index (χ1v) is 10.3. The van der Waals surface area contributed by atoms with Crippen LogP contribution in [0.5, 0.6) is 0 Å². The number of amides is 2. The van der Waals surface area contributed by atoms with Gasteiger partial charge in [-0.2, -0.15) is 18.7 Å². The van der Waals surface area contributed by atoms with Crippen LogP contribution in [0.4, 0.5) is 23.7 Å². The Morgan fingerprint density at radius 1 is 1.28 bits per heavy atom. The van der Waals surface area contributed by atoms with Crippen LogP contribution < -0.4 is 16.1 Å². The molecule has 1 aliphatic rings. The minimum atomic E-state index is -4.47. The van der Waals surface area contributed by atoms with Crippen LogP contribution in [-0.4, -0.2) is 35.2 Å². The lowest BCUT2D eigenvalue weighted by Gasteiger charge is -2.17. The molecule has 0 spiro atoms. The fraction of sp³-hybridized carbons (Fsp3) is 0.364. The van der Waals surface area contributed by atoms with Crippen molar-refractivity contribution in [2.45, 2.75) is 31.5 Å². The van der Waals surface area contributed by atoms with Crippen molar-refractivity contribution in [3.63, 3.8) is 0 Å². The highest BCUT2D eigenvalue weighted by Gasteiger charge is 2.28. The van der Waals surface area contributed by atoms with Crippen LogP contribution >= 0.6 is 0 Å². The fourth-order valence-electron chi connectivity index (χ4n) is 3.62. The molecule has 3 N–H and O–H groups in total. The van der Waals surface area contributed by atoms with E-state index in [2.05, 4.69) is 15.8 Å². The summed E-state index contributed by atoms with van der Waals surface area (Å²) < 4.78 is 38.8. The summed E-state index contributed by atoms with van der Waals surface area (Å²) in [4.78, 5) is 21.4. The minimum Gasteiger partial charge on any atom is -0.329 e. The maximum Gasteiger partial charge on any atom is 0.405 e. The van der Waals surface area contributed by atoms with Gasteiger partial charge < -0.3 is 15.5 Å². The number of benzene rings is 1.